The number of halogens is 2. The topological polar surface area (TPSA) is 107 Å². The van der Waals surface area contributed by atoms with E-state index in [-0.39, 0.29) is 23.8 Å². The highest BCUT2D eigenvalue weighted by Gasteiger charge is 2.19. The van der Waals surface area contributed by atoms with Gasteiger partial charge in [-0.15, -0.1) is 0 Å². The molecule has 35 heavy (non-hydrogen) atoms. The van der Waals surface area contributed by atoms with Crippen molar-refractivity contribution >= 4 is 40.0 Å². The van der Waals surface area contributed by atoms with Crippen molar-refractivity contribution < 1.29 is 23.4 Å². The van der Waals surface area contributed by atoms with E-state index in [0.717, 1.165) is 12.8 Å². The van der Waals surface area contributed by atoms with Gasteiger partial charge < -0.3 is 30.2 Å². The van der Waals surface area contributed by atoms with Crippen molar-refractivity contribution in [2.75, 3.05) is 38.2 Å². The molecule has 0 bridgehead atoms. The van der Waals surface area contributed by atoms with Crippen LogP contribution in [-0.4, -0.2) is 55.0 Å². The SMILES string of the molecule is CCNC(=O)NCCOc1cc2ncnc(Nc3ccc(F)c(Cl)c3)c2cc1OC1CCOCC1. The number of hydrogen-bond donors (Lipinski definition) is 3. The molecule has 186 valence electrons. The van der Waals surface area contributed by atoms with Crippen LogP contribution in [0.25, 0.3) is 10.9 Å². The molecule has 11 heteroatoms. The van der Waals surface area contributed by atoms with Crippen LogP contribution in [-0.2, 0) is 4.74 Å². The number of rotatable bonds is 9. The molecule has 1 fully saturated rings. The number of aromatic nitrogens is 2. The molecule has 1 aliphatic rings. The van der Waals surface area contributed by atoms with Crippen LogP contribution < -0.4 is 25.4 Å². The number of amides is 2. The van der Waals surface area contributed by atoms with Crippen LogP contribution in [0, 0.1) is 5.82 Å². The molecule has 1 aromatic heterocycles. The van der Waals surface area contributed by atoms with Crippen molar-refractivity contribution in [3.63, 3.8) is 0 Å². The van der Waals surface area contributed by atoms with Crippen molar-refractivity contribution in [3.05, 3.63) is 47.5 Å². The van der Waals surface area contributed by atoms with Gasteiger partial charge in [-0.3, -0.25) is 0 Å². The fourth-order valence-corrected chi connectivity index (χ4v) is 3.78. The fraction of sp³-hybridized carbons (Fsp3) is 0.375. The third kappa shape index (κ3) is 6.61. The Bertz CT molecular complexity index is 1180. The van der Waals surface area contributed by atoms with Crippen molar-refractivity contribution in [3.8, 4) is 11.5 Å². The van der Waals surface area contributed by atoms with Crippen LogP contribution in [0.2, 0.25) is 5.02 Å². The Kier molecular flexibility index (Phi) is 8.38. The first-order valence-corrected chi connectivity index (χ1v) is 11.8. The van der Waals surface area contributed by atoms with E-state index >= 15 is 0 Å². The van der Waals surface area contributed by atoms with E-state index in [0.29, 0.717) is 60.2 Å². The molecule has 9 nitrogen and oxygen atoms in total. The minimum Gasteiger partial charge on any atom is -0.488 e. The van der Waals surface area contributed by atoms with E-state index in [4.69, 9.17) is 25.8 Å². The number of ether oxygens (including phenoxy) is 3. The van der Waals surface area contributed by atoms with Gasteiger partial charge in [-0.25, -0.2) is 19.2 Å². The van der Waals surface area contributed by atoms with Gasteiger partial charge >= 0.3 is 6.03 Å². The summed E-state index contributed by atoms with van der Waals surface area (Å²) in [5, 5.41) is 9.28. The first-order valence-electron chi connectivity index (χ1n) is 11.4. The lowest BCUT2D eigenvalue weighted by molar-refractivity contribution is 0.0243. The maximum atomic E-state index is 13.6. The standard InChI is InChI=1S/C24H27ClFN5O4/c1-2-27-24(32)28-7-10-34-21-13-20-17(12-22(21)35-16-5-8-33-9-6-16)23(30-14-29-20)31-15-3-4-19(26)18(25)11-15/h3-4,11-14,16H,2,5-10H2,1H3,(H2,27,28,32)(H,29,30,31). The Morgan fingerprint density at radius 3 is 2.77 bits per heavy atom. The summed E-state index contributed by atoms with van der Waals surface area (Å²) in [5.41, 5.74) is 1.21. The Balaban J connectivity index is 1.59. The summed E-state index contributed by atoms with van der Waals surface area (Å²) in [6.45, 7) is 4.22. The van der Waals surface area contributed by atoms with E-state index in [2.05, 4.69) is 25.9 Å². The van der Waals surface area contributed by atoms with Gasteiger partial charge in [0, 0.05) is 36.5 Å². The quantitative estimate of drug-likeness (QED) is 0.371. The van der Waals surface area contributed by atoms with E-state index < -0.39 is 5.82 Å². The maximum absolute atomic E-state index is 13.6. The summed E-state index contributed by atoms with van der Waals surface area (Å²) in [4.78, 5) is 20.3. The molecule has 0 atom stereocenters. The summed E-state index contributed by atoms with van der Waals surface area (Å²) in [7, 11) is 0. The number of nitrogens with zero attached hydrogens (tertiary/aromatic N) is 2. The summed E-state index contributed by atoms with van der Waals surface area (Å²) in [6, 6.07) is 7.70. The van der Waals surface area contributed by atoms with E-state index in [1.165, 1.54) is 18.5 Å². The molecule has 3 aromatic rings. The number of fused-ring (bicyclic) bond motifs is 1. The number of benzene rings is 2. The zero-order chi connectivity index (χ0) is 24.6. The minimum absolute atomic E-state index is 0.00816. The van der Waals surface area contributed by atoms with Crippen LogP contribution in [0.1, 0.15) is 19.8 Å². The number of anilines is 2. The molecule has 2 heterocycles. The predicted octanol–water partition coefficient (Wildman–Crippen LogP) is 4.42. The van der Waals surface area contributed by atoms with Gasteiger partial charge in [-0.05, 0) is 31.2 Å². The highest BCUT2D eigenvalue weighted by atomic mass is 35.5. The second-order valence-electron chi connectivity index (χ2n) is 7.86. The first kappa shape index (κ1) is 24.7. The smallest absolute Gasteiger partial charge is 0.314 e. The molecular formula is C24H27ClFN5O4. The lowest BCUT2D eigenvalue weighted by Gasteiger charge is -2.25. The van der Waals surface area contributed by atoms with Crippen LogP contribution in [0.15, 0.2) is 36.7 Å². The second-order valence-corrected chi connectivity index (χ2v) is 8.26. The van der Waals surface area contributed by atoms with E-state index in [1.807, 2.05) is 13.0 Å². The third-order valence-corrected chi connectivity index (χ3v) is 5.62. The monoisotopic (exact) mass is 503 g/mol. The predicted molar refractivity (Wildman–Crippen MR) is 131 cm³/mol. The van der Waals surface area contributed by atoms with Crippen molar-refractivity contribution in [2.45, 2.75) is 25.9 Å². The highest BCUT2D eigenvalue weighted by molar-refractivity contribution is 6.31. The molecule has 2 aromatic carbocycles. The molecule has 0 saturated carbocycles. The molecule has 2 amide bonds. The van der Waals surface area contributed by atoms with Crippen molar-refractivity contribution in [1.82, 2.24) is 20.6 Å². The molecule has 1 saturated heterocycles. The molecule has 0 aliphatic carbocycles. The Labute approximate surface area is 207 Å². The number of urea groups is 1. The number of carbonyl (C=O) groups is 1. The van der Waals surface area contributed by atoms with E-state index in [1.54, 1.807) is 12.1 Å². The average molecular weight is 504 g/mol. The lowest BCUT2D eigenvalue weighted by Crippen LogP contribution is -2.37. The van der Waals surface area contributed by atoms with Gasteiger partial charge in [-0.1, -0.05) is 11.6 Å². The van der Waals surface area contributed by atoms with E-state index in [9.17, 15) is 9.18 Å². The molecule has 3 N–H and O–H groups in total. The number of carbonyl (C=O) groups excluding carboxylic acids is 1. The summed E-state index contributed by atoms with van der Waals surface area (Å²) >= 11 is 5.93. The zero-order valence-corrected chi connectivity index (χ0v) is 20.0. The zero-order valence-electron chi connectivity index (χ0n) is 19.3. The Morgan fingerprint density at radius 1 is 1.17 bits per heavy atom. The second kappa shape index (κ2) is 11.9. The Morgan fingerprint density at radius 2 is 2.00 bits per heavy atom. The fourth-order valence-electron chi connectivity index (χ4n) is 3.60. The van der Waals surface area contributed by atoms with Gasteiger partial charge in [0.2, 0.25) is 0 Å². The van der Waals surface area contributed by atoms with Crippen LogP contribution in [0.5, 0.6) is 11.5 Å². The maximum Gasteiger partial charge on any atom is 0.314 e. The molecule has 0 unspecified atom stereocenters. The molecule has 1 aliphatic heterocycles. The van der Waals surface area contributed by atoms with Crippen molar-refractivity contribution in [2.24, 2.45) is 0 Å². The highest BCUT2D eigenvalue weighted by Crippen LogP contribution is 2.36. The number of hydrogen-bond acceptors (Lipinski definition) is 7. The third-order valence-electron chi connectivity index (χ3n) is 5.33. The molecule has 0 radical (unpaired) electrons. The van der Waals surface area contributed by atoms with Crippen LogP contribution in [0.3, 0.4) is 0 Å². The molecule has 4 rings (SSSR count). The molecule has 0 spiro atoms. The minimum atomic E-state index is -0.500. The van der Waals surface area contributed by atoms with Gasteiger partial charge in [0.05, 0.1) is 30.3 Å². The van der Waals surface area contributed by atoms with Crippen LogP contribution in [0.4, 0.5) is 20.7 Å². The average Bonchev–Trinajstić information content (AvgIpc) is 2.85. The number of nitrogens with one attached hydrogen (secondary N) is 3. The van der Waals surface area contributed by atoms with Gasteiger partial charge in [0.1, 0.15) is 30.7 Å². The normalized spacial score (nSPS) is 13.9. The Hall–Kier alpha value is -3.37. The lowest BCUT2D eigenvalue weighted by atomic mass is 10.1. The van der Waals surface area contributed by atoms with Crippen molar-refractivity contribution in [1.29, 1.82) is 0 Å². The first-order chi connectivity index (χ1) is 17.0. The summed E-state index contributed by atoms with van der Waals surface area (Å²) in [5.74, 6) is 1.06. The largest absolute Gasteiger partial charge is 0.488 e. The molecular weight excluding hydrogens is 477 g/mol. The van der Waals surface area contributed by atoms with Crippen LogP contribution >= 0.6 is 11.6 Å². The summed E-state index contributed by atoms with van der Waals surface area (Å²) < 4.78 is 31.3. The van der Waals surface area contributed by atoms with Gasteiger partial charge in [0.25, 0.3) is 0 Å². The summed E-state index contributed by atoms with van der Waals surface area (Å²) in [6.07, 6.45) is 2.94. The van der Waals surface area contributed by atoms with Gasteiger partial charge in [-0.2, -0.15) is 0 Å². The van der Waals surface area contributed by atoms with Gasteiger partial charge in [0.15, 0.2) is 11.5 Å².